The maximum absolute atomic E-state index is 6.15. The Kier molecular flexibility index (Phi) is 5.07. The molecule has 0 aromatic heterocycles. The molecule has 5 heteroatoms. The van der Waals surface area contributed by atoms with Crippen LogP contribution in [0.2, 0.25) is 10.0 Å². The molecule has 0 amide bonds. The summed E-state index contributed by atoms with van der Waals surface area (Å²) in [4.78, 5) is 4.84. The minimum absolute atomic E-state index is 0.613. The normalized spacial score (nSPS) is 21.0. The molecule has 2 fully saturated rings. The molecule has 0 bridgehead atoms. The van der Waals surface area contributed by atoms with E-state index < -0.39 is 0 Å². The molecule has 2 aliphatic rings. The Morgan fingerprint density at radius 3 is 2.04 bits per heavy atom. The Labute approximate surface area is 159 Å². The van der Waals surface area contributed by atoms with Gasteiger partial charge in [-0.15, -0.1) is 0 Å². The summed E-state index contributed by atoms with van der Waals surface area (Å²) >= 11 is 12.2. The quantitative estimate of drug-likeness (QED) is 0.857. The van der Waals surface area contributed by atoms with Crippen molar-refractivity contribution in [3.63, 3.8) is 0 Å². The van der Waals surface area contributed by atoms with Crippen molar-refractivity contribution >= 4 is 34.6 Å². The number of rotatable bonds is 3. The van der Waals surface area contributed by atoms with Gasteiger partial charge in [-0.05, 0) is 54.8 Å². The molecule has 1 unspecified atom stereocenters. The summed E-state index contributed by atoms with van der Waals surface area (Å²) in [7, 11) is 0. The summed E-state index contributed by atoms with van der Waals surface area (Å²) in [6.07, 6.45) is 1.25. The summed E-state index contributed by atoms with van der Waals surface area (Å²) in [5, 5.41) is 4.68. The lowest BCUT2D eigenvalue weighted by molar-refractivity contribution is 0.653. The average molecular weight is 376 g/mol. The van der Waals surface area contributed by atoms with Crippen LogP contribution < -0.4 is 15.1 Å². The minimum atomic E-state index is 0.613. The molecule has 2 saturated heterocycles. The predicted octanol–water partition coefficient (Wildman–Crippen LogP) is 4.40. The van der Waals surface area contributed by atoms with Gasteiger partial charge in [-0.1, -0.05) is 35.3 Å². The van der Waals surface area contributed by atoms with Gasteiger partial charge in [0.2, 0.25) is 0 Å². The lowest BCUT2D eigenvalue weighted by Crippen LogP contribution is -2.46. The first kappa shape index (κ1) is 17.0. The molecule has 0 spiro atoms. The maximum atomic E-state index is 6.15. The topological polar surface area (TPSA) is 18.5 Å². The third kappa shape index (κ3) is 3.74. The molecule has 0 aliphatic carbocycles. The number of hydrogen-bond acceptors (Lipinski definition) is 3. The van der Waals surface area contributed by atoms with Gasteiger partial charge in [0, 0.05) is 44.1 Å². The van der Waals surface area contributed by atoms with Crippen LogP contribution in [0.15, 0.2) is 42.5 Å². The summed E-state index contributed by atoms with van der Waals surface area (Å²) in [6, 6.07) is 15.1. The van der Waals surface area contributed by atoms with Crippen molar-refractivity contribution in [2.45, 2.75) is 12.3 Å². The van der Waals surface area contributed by atoms with Crippen LogP contribution in [0, 0.1) is 0 Å². The predicted molar refractivity (Wildman–Crippen MR) is 108 cm³/mol. The van der Waals surface area contributed by atoms with Crippen molar-refractivity contribution in [2.75, 3.05) is 49.1 Å². The third-order valence-electron chi connectivity index (χ3n) is 5.34. The molecule has 2 aromatic carbocycles. The van der Waals surface area contributed by atoms with Gasteiger partial charge in [0.1, 0.15) is 0 Å². The van der Waals surface area contributed by atoms with Crippen LogP contribution in [0.1, 0.15) is 17.9 Å². The number of hydrogen-bond donors (Lipinski definition) is 1. The fourth-order valence-corrected chi connectivity index (χ4v) is 4.09. The fraction of sp³-hybridized carbons (Fsp3) is 0.400. The van der Waals surface area contributed by atoms with Crippen molar-refractivity contribution in [2.24, 2.45) is 0 Å². The third-order valence-corrected chi connectivity index (χ3v) is 6.08. The zero-order valence-corrected chi connectivity index (χ0v) is 15.7. The van der Waals surface area contributed by atoms with Gasteiger partial charge < -0.3 is 15.1 Å². The van der Waals surface area contributed by atoms with Crippen molar-refractivity contribution in [1.29, 1.82) is 0 Å². The molecular weight excluding hydrogens is 353 g/mol. The molecule has 4 rings (SSSR count). The van der Waals surface area contributed by atoms with E-state index in [1.807, 2.05) is 18.2 Å². The van der Waals surface area contributed by atoms with Gasteiger partial charge in [-0.2, -0.15) is 0 Å². The Bertz CT molecular complexity index is 718. The van der Waals surface area contributed by atoms with Crippen LogP contribution in [-0.2, 0) is 0 Å². The van der Waals surface area contributed by atoms with Gasteiger partial charge >= 0.3 is 0 Å². The fourth-order valence-electron chi connectivity index (χ4n) is 3.80. The monoisotopic (exact) mass is 375 g/mol. The Morgan fingerprint density at radius 1 is 0.800 bits per heavy atom. The molecule has 3 nitrogen and oxygen atoms in total. The van der Waals surface area contributed by atoms with Crippen molar-refractivity contribution in [1.82, 2.24) is 5.32 Å². The first-order chi connectivity index (χ1) is 12.2. The van der Waals surface area contributed by atoms with E-state index in [4.69, 9.17) is 23.2 Å². The van der Waals surface area contributed by atoms with Crippen LogP contribution in [0.5, 0.6) is 0 Å². The summed E-state index contributed by atoms with van der Waals surface area (Å²) in [6.45, 7) is 6.28. The van der Waals surface area contributed by atoms with E-state index in [-0.39, 0.29) is 0 Å². The van der Waals surface area contributed by atoms with E-state index >= 15 is 0 Å². The van der Waals surface area contributed by atoms with Crippen LogP contribution in [0.25, 0.3) is 0 Å². The van der Waals surface area contributed by atoms with E-state index in [9.17, 15) is 0 Å². The van der Waals surface area contributed by atoms with Crippen LogP contribution in [0.4, 0.5) is 11.4 Å². The zero-order chi connectivity index (χ0) is 17.2. The van der Waals surface area contributed by atoms with E-state index in [2.05, 4.69) is 39.4 Å². The second kappa shape index (κ2) is 7.45. The summed E-state index contributed by atoms with van der Waals surface area (Å²) in [5.74, 6) is 0.681. The number of halogens is 2. The SMILES string of the molecule is Clc1ccc(N2CCN(c3ccc(C4CCNC4)cc3)CC2)cc1Cl. The first-order valence-electron chi connectivity index (χ1n) is 8.96. The Morgan fingerprint density at radius 2 is 1.44 bits per heavy atom. The molecule has 1 N–H and O–H groups in total. The molecule has 0 radical (unpaired) electrons. The highest BCUT2D eigenvalue weighted by atomic mass is 35.5. The van der Waals surface area contributed by atoms with Gasteiger partial charge in [-0.3, -0.25) is 0 Å². The number of nitrogens with one attached hydrogen (secondary N) is 1. The minimum Gasteiger partial charge on any atom is -0.368 e. The largest absolute Gasteiger partial charge is 0.368 e. The van der Waals surface area contributed by atoms with Crippen LogP contribution in [0.3, 0.4) is 0 Å². The van der Waals surface area contributed by atoms with Gasteiger partial charge in [0.25, 0.3) is 0 Å². The van der Waals surface area contributed by atoms with Crippen LogP contribution >= 0.6 is 23.2 Å². The Balaban J connectivity index is 1.38. The highest BCUT2D eigenvalue weighted by Crippen LogP contribution is 2.29. The van der Waals surface area contributed by atoms with Gasteiger partial charge in [0.05, 0.1) is 10.0 Å². The van der Waals surface area contributed by atoms with E-state index in [1.165, 1.54) is 17.7 Å². The number of benzene rings is 2. The second-order valence-corrected chi connectivity index (χ2v) is 7.67. The maximum Gasteiger partial charge on any atom is 0.0612 e. The molecule has 25 heavy (non-hydrogen) atoms. The standard InChI is InChI=1S/C20H23Cl2N3/c21-19-6-5-18(13-20(19)22)25-11-9-24(10-12-25)17-3-1-15(2-4-17)16-7-8-23-14-16/h1-6,13,16,23H,7-12,14H2. The molecule has 132 valence electrons. The Hall–Kier alpha value is -1.42. The summed E-state index contributed by atoms with van der Waals surface area (Å²) < 4.78 is 0. The highest BCUT2D eigenvalue weighted by molar-refractivity contribution is 6.42. The number of anilines is 2. The molecule has 1 atom stereocenters. The van der Waals surface area contributed by atoms with Crippen LogP contribution in [-0.4, -0.2) is 39.3 Å². The first-order valence-corrected chi connectivity index (χ1v) is 9.72. The number of piperazine rings is 1. The average Bonchev–Trinajstić information content (AvgIpc) is 3.19. The van der Waals surface area contributed by atoms with Crippen molar-refractivity contribution in [3.05, 3.63) is 58.1 Å². The smallest absolute Gasteiger partial charge is 0.0612 e. The van der Waals surface area contributed by atoms with E-state index in [0.717, 1.165) is 45.0 Å². The van der Waals surface area contributed by atoms with Gasteiger partial charge in [0.15, 0.2) is 0 Å². The molecule has 2 aromatic rings. The molecular formula is C20H23Cl2N3. The summed E-state index contributed by atoms with van der Waals surface area (Å²) in [5.41, 5.74) is 3.94. The zero-order valence-electron chi connectivity index (χ0n) is 14.2. The lowest BCUT2D eigenvalue weighted by Gasteiger charge is -2.37. The van der Waals surface area contributed by atoms with Gasteiger partial charge in [-0.25, -0.2) is 0 Å². The van der Waals surface area contributed by atoms with E-state index in [0.29, 0.717) is 16.0 Å². The van der Waals surface area contributed by atoms with Crippen molar-refractivity contribution < 1.29 is 0 Å². The molecule has 2 aliphatic heterocycles. The van der Waals surface area contributed by atoms with E-state index in [1.54, 1.807) is 0 Å². The second-order valence-electron chi connectivity index (χ2n) is 6.85. The molecule has 2 heterocycles. The van der Waals surface area contributed by atoms with Crippen molar-refractivity contribution in [3.8, 4) is 0 Å². The lowest BCUT2D eigenvalue weighted by atomic mass is 9.98. The molecule has 0 saturated carbocycles. The number of nitrogens with zero attached hydrogens (tertiary/aromatic N) is 2. The highest BCUT2D eigenvalue weighted by Gasteiger charge is 2.20.